The Morgan fingerprint density at radius 3 is 1.79 bits per heavy atom. The lowest BCUT2D eigenvalue weighted by Gasteiger charge is -2.41. The van der Waals surface area contributed by atoms with Crippen LogP contribution in [0.1, 0.15) is 60.8 Å². The predicted octanol–water partition coefficient (Wildman–Crippen LogP) is 4.60. The van der Waals surface area contributed by atoms with E-state index in [-0.39, 0.29) is 38.3 Å². The molecule has 0 aromatic rings. The minimum Gasteiger partial charge on any atom is -0.465 e. The second-order valence-corrected chi connectivity index (χ2v) is 9.05. The number of esters is 2. The van der Waals surface area contributed by atoms with E-state index in [1.54, 1.807) is 13.8 Å². The van der Waals surface area contributed by atoms with Crippen molar-refractivity contribution in [1.82, 2.24) is 0 Å². The molecule has 1 aliphatic rings. The zero-order valence-electron chi connectivity index (χ0n) is 18.0. The summed E-state index contributed by atoms with van der Waals surface area (Å²) >= 11 is 3.29. The molecule has 0 saturated carbocycles. The third-order valence-corrected chi connectivity index (χ3v) is 5.23. The third-order valence-electron chi connectivity index (χ3n) is 4.95. The van der Waals surface area contributed by atoms with E-state index in [0.29, 0.717) is 16.3 Å². The van der Waals surface area contributed by atoms with Gasteiger partial charge in [0.25, 0.3) is 0 Å². The molecule has 162 valence electrons. The summed E-state index contributed by atoms with van der Waals surface area (Å²) < 4.78 is 23.3. The fraction of sp³-hybridized carbons (Fsp3) is 0.810. The first-order valence-corrected chi connectivity index (χ1v) is 10.8. The Kier molecular flexibility index (Phi) is 10.1. The third kappa shape index (κ3) is 6.56. The van der Waals surface area contributed by atoms with Gasteiger partial charge in [-0.25, -0.2) is 0 Å². The molecule has 0 N–H and O–H groups in total. The molecule has 2 atom stereocenters. The molecule has 1 heterocycles. The number of allylic oxidation sites excluding steroid dienone is 1. The second kappa shape index (κ2) is 11.3. The molecule has 0 aliphatic carbocycles. The van der Waals surface area contributed by atoms with Crippen molar-refractivity contribution >= 4 is 27.9 Å². The van der Waals surface area contributed by atoms with Crippen LogP contribution in [0.2, 0.25) is 0 Å². The highest BCUT2D eigenvalue weighted by Crippen LogP contribution is 2.40. The summed E-state index contributed by atoms with van der Waals surface area (Å²) in [5, 5.41) is 0. The van der Waals surface area contributed by atoms with Crippen LogP contribution in [0.25, 0.3) is 0 Å². The monoisotopic (exact) mass is 462 g/mol. The molecule has 28 heavy (non-hydrogen) atoms. The Morgan fingerprint density at radius 2 is 1.46 bits per heavy atom. The zero-order chi connectivity index (χ0) is 21.5. The fourth-order valence-corrected chi connectivity index (χ4v) is 3.81. The lowest BCUT2D eigenvalue weighted by Crippen LogP contribution is -2.49. The normalized spacial score (nSPS) is 23.0. The standard InChI is InChI=1S/C21H35BrO6/c1-8-25-19(23)21(11-15(7)22,20(24)26-9-2)12-18-27-16(13(3)4)10-17(28-18)14(5)6/h13-14,16-18H,7-12H2,1-6H3/t16-,17-/m1/s1. The SMILES string of the molecule is C=C(Br)CC(CC1O[C@@H](C(C)C)C[C@H](C(C)C)O1)(C(=O)OCC)C(=O)OCC. The average Bonchev–Trinajstić information content (AvgIpc) is 2.60. The van der Waals surface area contributed by atoms with Crippen LogP contribution in [-0.4, -0.2) is 43.7 Å². The highest BCUT2D eigenvalue weighted by molar-refractivity contribution is 9.11. The van der Waals surface area contributed by atoms with Crippen molar-refractivity contribution in [2.24, 2.45) is 17.3 Å². The smallest absolute Gasteiger partial charge is 0.324 e. The number of hydrogen-bond donors (Lipinski definition) is 0. The van der Waals surface area contributed by atoms with Crippen LogP contribution in [0, 0.1) is 17.3 Å². The van der Waals surface area contributed by atoms with Gasteiger partial charge in [-0.3, -0.25) is 9.59 Å². The van der Waals surface area contributed by atoms with Gasteiger partial charge in [0.05, 0.1) is 25.4 Å². The Hall–Kier alpha value is -0.920. The molecule has 0 bridgehead atoms. The van der Waals surface area contributed by atoms with Crippen LogP contribution in [0.4, 0.5) is 0 Å². The average molecular weight is 463 g/mol. The molecular weight excluding hydrogens is 428 g/mol. The van der Waals surface area contributed by atoms with Crippen molar-refractivity contribution < 1.29 is 28.5 Å². The summed E-state index contributed by atoms with van der Waals surface area (Å²) in [5.41, 5.74) is -1.57. The number of carbonyl (C=O) groups is 2. The van der Waals surface area contributed by atoms with Gasteiger partial charge in [-0.1, -0.05) is 50.2 Å². The lowest BCUT2D eigenvalue weighted by molar-refractivity contribution is -0.269. The van der Waals surface area contributed by atoms with Gasteiger partial charge in [-0.05, 0) is 30.2 Å². The molecule has 6 nitrogen and oxygen atoms in total. The number of halogens is 1. The zero-order valence-corrected chi connectivity index (χ0v) is 19.5. The predicted molar refractivity (Wildman–Crippen MR) is 111 cm³/mol. The molecule has 1 saturated heterocycles. The molecule has 0 aromatic heterocycles. The Labute approximate surface area is 177 Å². The van der Waals surface area contributed by atoms with E-state index >= 15 is 0 Å². The first-order chi connectivity index (χ1) is 13.1. The van der Waals surface area contributed by atoms with Crippen molar-refractivity contribution in [2.75, 3.05) is 13.2 Å². The summed E-state index contributed by atoms with van der Waals surface area (Å²) in [6.45, 7) is 15.9. The Bertz CT molecular complexity index is 511. The molecule has 7 heteroatoms. The number of carbonyl (C=O) groups excluding carboxylic acids is 2. The van der Waals surface area contributed by atoms with Crippen molar-refractivity contribution in [3.63, 3.8) is 0 Å². The molecule has 0 spiro atoms. The second-order valence-electron chi connectivity index (χ2n) is 7.92. The van der Waals surface area contributed by atoms with E-state index in [4.69, 9.17) is 18.9 Å². The van der Waals surface area contributed by atoms with Crippen molar-refractivity contribution in [3.05, 3.63) is 11.1 Å². The highest BCUT2D eigenvalue weighted by atomic mass is 79.9. The first-order valence-electron chi connectivity index (χ1n) is 10.1. The molecule has 0 amide bonds. The van der Waals surface area contributed by atoms with Crippen LogP contribution in [0.3, 0.4) is 0 Å². The lowest BCUT2D eigenvalue weighted by atomic mass is 9.80. The minimum absolute atomic E-state index is 0.0135. The van der Waals surface area contributed by atoms with Crippen LogP contribution in [0.5, 0.6) is 0 Å². The van der Waals surface area contributed by atoms with Crippen molar-refractivity contribution in [1.29, 1.82) is 0 Å². The summed E-state index contributed by atoms with van der Waals surface area (Å²) in [4.78, 5) is 25.9. The molecule has 0 radical (unpaired) electrons. The van der Waals surface area contributed by atoms with E-state index in [2.05, 4.69) is 50.2 Å². The van der Waals surface area contributed by atoms with Crippen molar-refractivity contribution in [3.8, 4) is 0 Å². The Morgan fingerprint density at radius 1 is 1.04 bits per heavy atom. The van der Waals surface area contributed by atoms with E-state index in [1.165, 1.54) is 0 Å². The topological polar surface area (TPSA) is 71.1 Å². The van der Waals surface area contributed by atoms with Gasteiger partial charge in [0.2, 0.25) is 0 Å². The van der Waals surface area contributed by atoms with Crippen LogP contribution >= 0.6 is 15.9 Å². The van der Waals surface area contributed by atoms with E-state index in [1.807, 2.05) is 0 Å². The van der Waals surface area contributed by atoms with Crippen LogP contribution in [-0.2, 0) is 28.5 Å². The van der Waals surface area contributed by atoms with Gasteiger partial charge in [0.15, 0.2) is 11.7 Å². The van der Waals surface area contributed by atoms with Gasteiger partial charge in [0, 0.05) is 19.3 Å². The number of ether oxygens (including phenoxy) is 4. The molecule has 1 rings (SSSR count). The molecule has 1 fully saturated rings. The minimum atomic E-state index is -1.57. The van der Waals surface area contributed by atoms with Crippen LogP contribution < -0.4 is 0 Å². The van der Waals surface area contributed by atoms with E-state index in [0.717, 1.165) is 6.42 Å². The van der Waals surface area contributed by atoms with Gasteiger partial charge in [0.1, 0.15) is 0 Å². The van der Waals surface area contributed by atoms with Gasteiger partial charge >= 0.3 is 11.9 Å². The summed E-state index contributed by atoms with van der Waals surface area (Å²) in [6.07, 6.45) is 0.104. The maximum Gasteiger partial charge on any atom is 0.324 e. The van der Waals surface area contributed by atoms with Gasteiger partial charge < -0.3 is 18.9 Å². The molecular formula is C21H35BrO6. The quantitative estimate of drug-likeness (QED) is 0.348. The van der Waals surface area contributed by atoms with Gasteiger partial charge in [-0.2, -0.15) is 0 Å². The Balaban J connectivity index is 3.25. The van der Waals surface area contributed by atoms with E-state index in [9.17, 15) is 9.59 Å². The molecule has 0 unspecified atom stereocenters. The summed E-state index contributed by atoms with van der Waals surface area (Å²) in [5.74, 6) is -0.709. The highest BCUT2D eigenvalue weighted by Gasteiger charge is 2.52. The summed E-state index contributed by atoms with van der Waals surface area (Å²) in [7, 11) is 0. The largest absolute Gasteiger partial charge is 0.465 e. The van der Waals surface area contributed by atoms with Crippen LogP contribution in [0.15, 0.2) is 11.1 Å². The maximum atomic E-state index is 12.9. The number of hydrogen-bond acceptors (Lipinski definition) is 6. The molecule has 1 aliphatic heterocycles. The first kappa shape index (κ1) is 25.1. The fourth-order valence-electron chi connectivity index (χ4n) is 3.33. The maximum absolute atomic E-state index is 12.9. The number of rotatable bonds is 10. The van der Waals surface area contributed by atoms with Gasteiger partial charge in [-0.15, -0.1) is 0 Å². The van der Waals surface area contributed by atoms with Crippen molar-refractivity contribution in [2.45, 2.75) is 79.3 Å². The summed E-state index contributed by atoms with van der Waals surface area (Å²) in [6, 6.07) is 0. The van der Waals surface area contributed by atoms with E-state index < -0.39 is 23.6 Å². The molecule has 0 aromatic carbocycles.